The van der Waals surface area contributed by atoms with Crippen molar-refractivity contribution in [2.75, 3.05) is 5.32 Å². The van der Waals surface area contributed by atoms with Gasteiger partial charge in [0.2, 0.25) is 0 Å². The van der Waals surface area contributed by atoms with Gasteiger partial charge in [-0.1, -0.05) is 63.2 Å². The second kappa shape index (κ2) is 6.00. The number of carboxylic acid groups (broad SMARTS) is 1. The van der Waals surface area contributed by atoms with E-state index in [0.29, 0.717) is 5.69 Å². The van der Waals surface area contributed by atoms with Gasteiger partial charge in [-0.05, 0) is 34.6 Å². The number of fused-ring (bicyclic) bond motifs is 1. The molecule has 3 aromatic carbocycles. The van der Waals surface area contributed by atoms with Crippen molar-refractivity contribution < 1.29 is 9.90 Å². The van der Waals surface area contributed by atoms with E-state index in [0.717, 1.165) is 11.1 Å². The molecule has 0 aliphatic heterocycles. The summed E-state index contributed by atoms with van der Waals surface area (Å²) in [6, 6.07) is 19.3. The molecule has 0 aliphatic carbocycles. The summed E-state index contributed by atoms with van der Waals surface area (Å²) in [5.74, 6) is -0.936. The maximum Gasteiger partial charge on any atom is 0.337 e. The van der Waals surface area contributed by atoms with E-state index in [4.69, 9.17) is 0 Å². The Bertz CT molecular complexity index is 907. The number of nitrogens with one attached hydrogen (secondary N) is 1. The molecule has 0 heterocycles. The number of anilines is 2. The van der Waals surface area contributed by atoms with Crippen molar-refractivity contribution >= 4 is 28.1 Å². The van der Waals surface area contributed by atoms with E-state index in [1.807, 2.05) is 24.3 Å². The molecule has 2 N–H and O–H groups in total. The smallest absolute Gasteiger partial charge is 0.337 e. The van der Waals surface area contributed by atoms with Crippen molar-refractivity contribution in [3.8, 4) is 0 Å². The maximum atomic E-state index is 11.4. The van der Waals surface area contributed by atoms with Crippen molar-refractivity contribution in [1.82, 2.24) is 0 Å². The maximum absolute atomic E-state index is 11.4. The molecule has 3 nitrogen and oxygen atoms in total. The van der Waals surface area contributed by atoms with Gasteiger partial charge < -0.3 is 10.4 Å². The summed E-state index contributed by atoms with van der Waals surface area (Å²) >= 11 is 0. The molecule has 3 rings (SSSR count). The molecule has 0 unspecified atom stereocenters. The van der Waals surface area contributed by atoms with E-state index in [-0.39, 0.29) is 11.0 Å². The van der Waals surface area contributed by atoms with Gasteiger partial charge in [0.05, 0.1) is 11.3 Å². The van der Waals surface area contributed by atoms with Gasteiger partial charge in [-0.15, -0.1) is 0 Å². The molecular weight excluding hydrogens is 298 g/mol. The Kier molecular flexibility index (Phi) is 4.02. The van der Waals surface area contributed by atoms with E-state index in [1.54, 1.807) is 18.2 Å². The van der Waals surface area contributed by atoms with E-state index in [2.05, 4.69) is 44.3 Å². The Hall–Kier alpha value is -2.81. The number of para-hydroxylation sites is 1. The van der Waals surface area contributed by atoms with Crippen LogP contribution in [0.5, 0.6) is 0 Å². The average molecular weight is 319 g/mol. The zero-order valence-electron chi connectivity index (χ0n) is 14.1. The number of carboxylic acids is 1. The molecule has 0 aliphatic rings. The SMILES string of the molecule is CC(C)(C)c1ccc(Nc2ccccc2C(=O)O)c2ccccc12. The number of aromatic carboxylic acids is 1. The van der Waals surface area contributed by atoms with Crippen LogP contribution in [0.15, 0.2) is 60.7 Å². The first kappa shape index (κ1) is 16.1. The van der Waals surface area contributed by atoms with Gasteiger partial charge in [-0.2, -0.15) is 0 Å². The highest BCUT2D eigenvalue weighted by atomic mass is 16.4. The summed E-state index contributed by atoms with van der Waals surface area (Å²) in [6.07, 6.45) is 0. The number of carbonyl (C=O) groups is 1. The fourth-order valence-corrected chi connectivity index (χ4v) is 2.99. The summed E-state index contributed by atoms with van der Waals surface area (Å²) in [5.41, 5.74) is 3.08. The molecule has 0 fully saturated rings. The third kappa shape index (κ3) is 2.98. The van der Waals surface area contributed by atoms with E-state index >= 15 is 0 Å². The van der Waals surface area contributed by atoms with Crippen LogP contribution in [0, 0.1) is 0 Å². The lowest BCUT2D eigenvalue weighted by Gasteiger charge is -2.23. The minimum Gasteiger partial charge on any atom is -0.478 e. The molecule has 0 bridgehead atoms. The number of hydrogen-bond acceptors (Lipinski definition) is 2. The monoisotopic (exact) mass is 319 g/mol. The van der Waals surface area contributed by atoms with Gasteiger partial charge in [0.1, 0.15) is 0 Å². The Balaban J connectivity index is 2.14. The fourth-order valence-electron chi connectivity index (χ4n) is 2.99. The Labute approximate surface area is 142 Å². The lowest BCUT2D eigenvalue weighted by atomic mass is 9.83. The predicted molar refractivity (Wildman–Crippen MR) is 99.3 cm³/mol. The molecule has 24 heavy (non-hydrogen) atoms. The molecule has 0 spiro atoms. The van der Waals surface area contributed by atoms with Gasteiger partial charge in [-0.3, -0.25) is 0 Å². The normalized spacial score (nSPS) is 11.5. The molecule has 0 radical (unpaired) electrons. The highest BCUT2D eigenvalue weighted by molar-refractivity contribution is 6.01. The van der Waals surface area contributed by atoms with Crippen LogP contribution >= 0.6 is 0 Å². The molecule has 0 atom stereocenters. The minimum atomic E-state index is -0.936. The lowest BCUT2D eigenvalue weighted by molar-refractivity contribution is 0.0698. The van der Waals surface area contributed by atoms with Crippen molar-refractivity contribution in [3.63, 3.8) is 0 Å². The summed E-state index contributed by atoms with van der Waals surface area (Å²) in [7, 11) is 0. The third-order valence-corrected chi connectivity index (χ3v) is 4.16. The molecule has 3 aromatic rings. The van der Waals surface area contributed by atoms with Gasteiger partial charge in [-0.25, -0.2) is 4.79 Å². The van der Waals surface area contributed by atoms with E-state index in [1.165, 1.54) is 10.9 Å². The average Bonchev–Trinajstić information content (AvgIpc) is 2.54. The predicted octanol–water partition coefficient (Wildman–Crippen LogP) is 5.58. The molecule has 3 heteroatoms. The van der Waals surface area contributed by atoms with Gasteiger partial charge in [0.15, 0.2) is 0 Å². The largest absolute Gasteiger partial charge is 0.478 e. The van der Waals surface area contributed by atoms with Crippen LogP contribution in [0.2, 0.25) is 0 Å². The van der Waals surface area contributed by atoms with E-state index < -0.39 is 5.97 Å². The molecule has 0 amide bonds. The van der Waals surface area contributed by atoms with Crippen LogP contribution in [0.3, 0.4) is 0 Å². The second-order valence-electron chi connectivity index (χ2n) is 6.93. The number of rotatable bonds is 3. The Morgan fingerprint density at radius 2 is 1.46 bits per heavy atom. The topological polar surface area (TPSA) is 49.3 Å². The standard InChI is InChI=1S/C21H21NO2/c1-21(2,3)17-12-13-19(15-9-5-4-8-14(15)17)22-18-11-7-6-10-16(18)20(23)24/h4-13,22H,1-3H3,(H,23,24). The van der Waals surface area contributed by atoms with Crippen LogP contribution in [-0.2, 0) is 5.41 Å². The van der Waals surface area contributed by atoms with Crippen molar-refractivity contribution in [1.29, 1.82) is 0 Å². The number of hydrogen-bond donors (Lipinski definition) is 2. The summed E-state index contributed by atoms with van der Waals surface area (Å²) in [6.45, 7) is 6.59. The van der Waals surface area contributed by atoms with Gasteiger partial charge >= 0.3 is 5.97 Å². The number of benzene rings is 3. The van der Waals surface area contributed by atoms with Gasteiger partial charge in [0, 0.05) is 11.1 Å². The first-order valence-electron chi connectivity index (χ1n) is 7.99. The highest BCUT2D eigenvalue weighted by Gasteiger charge is 2.18. The molecule has 0 aromatic heterocycles. The van der Waals surface area contributed by atoms with Crippen LogP contribution in [0.4, 0.5) is 11.4 Å². The van der Waals surface area contributed by atoms with Crippen molar-refractivity contribution in [2.45, 2.75) is 26.2 Å². The molecule has 122 valence electrons. The zero-order valence-corrected chi connectivity index (χ0v) is 14.1. The first-order chi connectivity index (χ1) is 11.4. The van der Waals surface area contributed by atoms with Gasteiger partial charge in [0.25, 0.3) is 0 Å². The van der Waals surface area contributed by atoms with Crippen LogP contribution in [0.25, 0.3) is 10.8 Å². The molecular formula is C21H21NO2. The van der Waals surface area contributed by atoms with Crippen LogP contribution in [0.1, 0.15) is 36.7 Å². The quantitative estimate of drug-likeness (QED) is 0.662. The Morgan fingerprint density at radius 3 is 2.12 bits per heavy atom. The third-order valence-electron chi connectivity index (χ3n) is 4.16. The summed E-state index contributed by atoms with van der Waals surface area (Å²) in [5, 5.41) is 14.9. The van der Waals surface area contributed by atoms with Crippen molar-refractivity contribution in [3.05, 3.63) is 71.8 Å². The molecule has 0 saturated carbocycles. The highest BCUT2D eigenvalue weighted by Crippen LogP contribution is 2.35. The fraction of sp³-hybridized carbons (Fsp3) is 0.190. The lowest BCUT2D eigenvalue weighted by Crippen LogP contribution is -2.12. The van der Waals surface area contributed by atoms with Crippen molar-refractivity contribution in [2.24, 2.45) is 0 Å². The van der Waals surface area contributed by atoms with E-state index in [9.17, 15) is 9.90 Å². The van der Waals surface area contributed by atoms with Crippen LogP contribution < -0.4 is 5.32 Å². The zero-order chi connectivity index (χ0) is 17.3. The second-order valence-corrected chi connectivity index (χ2v) is 6.93. The first-order valence-corrected chi connectivity index (χ1v) is 7.99. The summed E-state index contributed by atoms with van der Waals surface area (Å²) < 4.78 is 0. The molecule has 0 saturated heterocycles. The minimum absolute atomic E-state index is 0.0388. The Morgan fingerprint density at radius 1 is 0.833 bits per heavy atom. The van der Waals surface area contributed by atoms with Crippen LogP contribution in [-0.4, -0.2) is 11.1 Å². The summed E-state index contributed by atoms with van der Waals surface area (Å²) in [4.78, 5) is 11.4.